The lowest BCUT2D eigenvalue weighted by molar-refractivity contribution is 0.0946. The third kappa shape index (κ3) is 2.50. The molecule has 0 radical (unpaired) electrons. The van der Waals surface area contributed by atoms with E-state index in [1.54, 1.807) is 6.20 Å². The molecule has 3 aromatic rings. The number of ether oxygens (including phenoxy) is 1. The summed E-state index contributed by atoms with van der Waals surface area (Å²) in [7, 11) is 0. The average molecular weight is 322 g/mol. The summed E-state index contributed by atoms with van der Waals surface area (Å²) >= 11 is 0. The fourth-order valence-electron chi connectivity index (χ4n) is 2.97. The number of nitrogens with one attached hydrogen (secondary N) is 2. The number of amides is 1. The van der Waals surface area contributed by atoms with E-state index in [2.05, 4.69) is 20.3 Å². The first-order valence-corrected chi connectivity index (χ1v) is 8.04. The van der Waals surface area contributed by atoms with Gasteiger partial charge in [-0.15, -0.1) is 0 Å². The van der Waals surface area contributed by atoms with E-state index in [4.69, 9.17) is 4.74 Å². The highest BCUT2D eigenvalue weighted by atomic mass is 16.5. The first-order chi connectivity index (χ1) is 11.6. The Balaban J connectivity index is 1.85. The molecular weight excluding hydrogens is 304 g/mol. The molecule has 24 heavy (non-hydrogen) atoms. The van der Waals surface area contributed by atoms with E-state index in [0.29, 0.717) is 18.0 Å². The first kappa shape index (κ1) is 14.7. The molecule has 4 rings (SSSR count). The molecular formula is C18H18N4O2. The fraction of sp³-hybridized carbons (Fsp3) is 0.278. The maximum absolute atomic E-state index is 12.0. The predicted octanol–water partition coefficient (Wildman–Crippen LogP) is 2.70. The van der Waals surface area contributed by atoms with Crippen LogP contribution < -0.4 is 10.1 Å². The lowest BCUT2D eigenvalue weighted by Crippen LogP contribution is -2.31. The van der Waals surface area contributed by atoms with Crippen LogP contribution in [0.5, 0.6) is 5.88 Å². The van der Waals surface area contributed by atoms with E-state index in [1.807, 2.05) is 38.1 Å². The number of aromatic amines is 1. The number of pyridine rings is 2. The summed E-state index contributed by atoms with van der Waals surface area (Å²) in [5.74, 6) is 0.537. The van der Waals surface area contributed by atoms with Crippen molar-refractivity contribution in [2.45, 2.75) is 26.4 Å². The molecule has 3 aromatic heterocycles. The SMILES string of the molecule is CC(C)Oc1ccc2nccc(-c3cc4c([nH]3)CCNC4=O)c2n1. The number of hydrogen-bond acceptors (Lipinski definition) is 4. The zero-order valence-electron chi connectivity index (χ0n) is 13.6. The molecule has 6 nitrogen and oxygen atoms in total. The summed E-state index contributed by atoms with van der Waals surface area (Å²) in [4.78, 5) is 24.3. The first-order valence-electron chi connectivity index (χ1n) is 8.04. The topological polar surface area (TPSA) is 79.9 Å². The minimum absolute atomic E-state index is 0.0334. The second-order valence-electron chi connectivity index (χ2n) is 6.12. The molecule has 0 saturated heterocycles. The van der Waals surface area contributed by atoms with Gasteiger partial charge in [-0.1, -0.05) is 0 Å². The van der Waals surface area contributed by atoms with Gasteiger partial charge in [-0.25, -0.2) is 4.98 Å². The van der Waals surface area contributed by atoms with Crippen LogP contribution in [0.1, 0.15) is 29.9 Å². The molecule has 6 heteroatoms. The molecule has 0 fully saturated rings. The van der Waals surface area contributed by atoms with Crippen molar-refractivity contribution in [1.82, 2.24) is 20.3 Å². The summed E-state index contributed by atoms with van der Waals surface area (Å²) in [6, 6.07) is 7.52. The van der Waals surface area contributed by atoms with Crippen molar-refractivity contribution >= 4 is 16.9 Å². The quantitative estimate of drug-likeness (QED) is 0.777. The summed E-state index contributed by atoms with van der Waals surface area (Å²) in [6.07, 6.45) is 2.61. The molecule has 1 amide bonds. The Morgan fingerprint density at radius 2 is 2.08 bits per heavy atom. The maximum atomic E-state index is 12.0. The van der Waals surface area contributed by atoms with Gasteiger partial charge in [-0.2, -0.15) is 0 Å². The molecule has 122 valence electrons. The molecule has 1 aliphatic heterocycles. The molecule has 0 saturated carbocycles. The standard InChI is InChI=1S/C18H18N4O2/c1-10(2)24-16-4-3-14-17(22-16)11(5-7-19-14)15-9-12-13(21-15)6-8-20-18(12)23/h3-5,7,9-10,21H,6,8H2,1-2H3,(H,20,23). The van der Waals surface area contributed by atoms with E-state index >= 15 is 0 Å². The van der Waals surface area contributed by atoms with E-state index in [0.717, 1.165) is 34.4 Å². The van der Waals surface area contributed by atoms with Gasteiger partial charge in [0.15, 0.2) is 0 Å². The number of carbonyl (C=O) groups is 1. The largest absolute Gasteiger partial charge is 0.475 e. The number of hydrogen-bond donors (Lipinski definition) is 2. The van der Waals surface area contributed by atoms with Crippen molar-refractivity contribution in [1.29, 1.82) is 0 Å². The third-order valence-electron chi connectivity index (χ3n) is 4.01. The molecule has 0 aromatic carbocycles. The summed E-state index contributed by atoms with van der Waals surface area (Å²) < 4.78 is 5.70. The molecule has 0 unspecified atom stereocenters. The molecule has 2 N–H and O–H groups in total. The highest BCUT2D eigenvalue weighted by Crippen LogP contribution is 2.29. The number of nitrogens with zero attached hydrogens (tertiary/aromatic N) is 2. The van der Waals surface area contributed by atoms with Gasteiger partial charge in [0.2, 0.25) is 5.88 Å². The lowest BCUT2D eigenvalue weighted by atomic mass is 10.1. The Morgan fingerprint density at radius 3 is 2.88 bits per heavy atom. The Kier molecular flexibility index (Phi) is 3.45. The van der Waals surface area contributed by atoms with Crippen LogP contribution >= 0.6 is 0 Å². The van der Waals surface area contributed by atoms with Crippen LogP contribution in [0.4, 0.5) is 0 Å². The van der Waals surface area contributed by atoms with Gasteiger partial charge in [0.25, 0.3) is 5.91 Å². The Morgan fingerprint density at radius 1 is 1.21 bits per heavy atom. The Labute approximate surface area is 139 Å². The second-order valence-corrected chi connectivity index (χ2v) is 6.12. The Bertz CT molecular complexity index is 930. The summed E-state index contributed by atoms with van der Waals surface area (Å²) in [5, 5.41) is 2.86. The molecule has 4 heterocycles. The summed E-state index contributed by atoms with van der Waals surface area (Å²) in [5.41, 5.74) is 5.01. The van der Waals surface area contributed by atoms with Gasteiger partial charge in [0.1, 0.15) is 5.52 Å². The van der Waals surface area contributed by atoms with Crippen LogP contribution in [0.2, 0.25) is 0 Å². The fourth-order valence-corrected chi connectivity index (χ4v) is 2.97. The van der Waals surface area contributed by atoms with Crippen molar-refractivity contribution in [2.75, 3.05) is 6.54 Å². The van der Waals surface area contributed by atoms with Gasteiger partial charge >= 0.3 is 0 Å². The molecule has 0 aliphatic carbocycles. The smallest absolute Gasteiger partial charge is 0.253 e. The van der Waals surface area contributed by atoms with Crippen molar-refractivity contribution < 1.29 is 9.53 Å². The Hall–Kier alpha value is -2.89. The van der Waals surface area contributed by atoms with E-state index in [-0.39, 0.29) is 12.0 Å². The van der Waals surface area contributed by atoms with Crippen LogP contribution in [-0.2, 0) is 6.42 Å². The molecule has 1 aliphatic rings. The number of H-pyrrole nitrogens is 1. The van der Waals surface area contributed by atoms with Crippen molar-refractivity contribution in [3.8, 4) is 17.1 Å². The second kappa shape index (κ2) is 5.63. The van der Waals surface area contributed by atoms with Crippen molar-refractivity contribution in [2.24, 2.45) is 0 Å². The normalized spacial score (nSPS) is 13.9. The van der Waals surface area contributed by atoms with Crippen LogP contribution in [0, 0.1) is 0 Å². The molecule has 0 atom stereocenters. The van der Waals surface area contributed by atoms with E-state index in [9.17, 15) is 4.79 Å². The van der Waals surface area contributed by atoms with E-state index < -0.39 is 0 Å². The maximum Gasteiger partial charge on any atom is 0.253 e. The zero-order chi connectivity index (χ0) is 16.7. The minimum Gasteiger partial charge on any atom is -0.475 e. The van der Waals surface area contributed by atoms with Crippen LogP contribution in [-0.4, -0.2) is 33.5 Å². The average Bonchev–Trinajstić information content (AvgIpc) is 2.99. The minimum atomic E-state index is -0.0334. The van der Waals surface area contributed by atoms with Gasteiger partial charge in [-0.05, 0) is 32.0 Å². The number of carbonyl (C=O) groups excluding carboxylic acids is 1. The van der Waals surface area contributed by atoms with E-state index in [1.165, 1.54) is 0 Å². The van der Waals surface area contributed by atoms with Crippen LogP contribution in [0.25, 0.3) is 22.3 Å². The monoisotopic (exact) mass is 322 g/mol. The van der Waals surface area contributed by atoms with Crippen LogP contribution in [0.3, 0.4) is 0 Å². The third-order valence-corrected chi connectivity index (χ3v) is 4.01. The van der Waals surface area contributed by atoms with Gasteiger partial charge in [0, 0.05) is 42.2 Å². The van der Waals surface area contributed by atoms with Crippen molar-refractivity contribution in [3.63, 3.8) is 0 Å². The molecule has 0 spiro atoms. The number of rotatable bonds is 3. The van der Waals surface area contributed by atoms with Gasteiger partial charge < -0.3 is 15.0 Å². The zero-order valence-corrected chi connectivity index (χ0v) is 13.6. The summed E-state index contributed by atoms with van der Waals surface area (Å²) in [6.45, 7) is 4.59. The predicted molar refractivity (Wildman–Crippen MR) is 91.1 cm³/mol. The number of aromatic nitrogens is 3. The van der Waals surface area contributed by atoms with Crippen LogP contribution in [0.15, 0.2) is 30.5 Å². The highest BCUT2D eigenvalue weighted by molar-refractivity contribution is 5.99. The number of fused-ring (bicyclic) bond motifs is 2. The van der Waals surface area contributed by atoms with Crippen molar-refractivity contribution in [3.05, 3.63) is 41.7 Å². The highest BCUT2D eigenvalue weighted by Gasteiger charge is 2.21. The van der Waals surface area contributed by atoms with Gasteiger partial charge in [0.05, 0.1) is 17.2 Å². The lowest BCUT2D eigenvalue weighted by Gasteiger charge is -2.11. The molecule has 0 bridgehead atoms. The van der Waals surface area contributed by atoms with Gasteiger partial charge in [-0.3, -0.25) is 9.78 Å².